The number of carbonyl (C=O) groups is 1. The van der Waals surface area contributed by atoms with E-state index in [1.54, 1.807) is 0 Å². The lowest BCUT2D eigenvalue weighted by Crippen LogP contribution is -2.23. The third-order valence-electron chi connectivity index (χ3n) is 3.49. The van der Waals surface area contributed by atoms with Crippen LogP contribution in [0, 0.1) is 0 Å². The van der Waals surface area contributed by atoms with Crippen LogP contribution in [0.5, 0.6) is 5.75 Å². The first-order chi connectivity index (χ1) is 9.00. The molecular formula is C16H22O3. The molecule has 104 valence electrons. The smallest absolute Gasteiger partial charge is 0.162 e. The Balaban J connectivity index is 1.85. The van der Waals surface area contributed by atoms with Crippen molar-refractivity contribution in [1.29, 1.82) is 0 Å². The van der Waals surface area contributed by atoms with Crippen molar-refractivity contribution in [3.05, 3.63) is 29.8 Å². The number of benzene rings is 1. The Kier molecular flexibility index (Phi) is 4.25. The number of ether oxygens (including phenoxy) is 2. The van der Waals surface area contributed by atoms with Crippen molar-refractivity contribution in [3.63, 3.8) is 0 Å². The van der Waals surface area contributed by atoms with Crippen molar-refractivity contribution in [2.45, 2.75) is 51.7 Å². The summed E-state index contributed by atoms with van der Waals surface area (Å²) < 4.78 is 11.6. The van der Waals surface area contributed by atoms with E-state index in [9.17, 15) is 4.79 Å². The lowest BCUT2D eigenvalue weighted by atomic mass is 10.1. The van der Waals surface area contributed by atoms with Gasteiger partial charge in [-0.1, -0.05) is 6.92 Å². The Morgan fingerprint density at radius 3 is 2.58 bits per heavy atom. The highest BCUT2D eigenvalue weighted by Gasteiger charge is 2.31. The van der Waals surface area contributed by atoms with Crippen LogP contribution in [0.15, 0.2) is 24.3 Å². The van der Waals surface area contributed by atoms with Crippen molar-refractivity contribution >= 4 is 5.78 Å². The van der Waals surface area contributed by atoms with Crippen LogP contribution in [0.2, 0.25) is 0 Å². The second kappa shape index (κ2) is 5.74. The number of hydrogen-bond acceptors (Lipinski definition) is 3. The van der Waals surface area contributed by atoms with Gasteiger partial charge in [0.1, 0.15) is 12.4 Å². The van der Waals surface area contributed by atoms with Crippen LogP contribution in [0.25, 0.3) is 0 Å². The monoisotopic (exact) mass is 262 g/mol. The Morgan fingerprint density at radius 2 is 2.05 bits per heavy atom. The number of rotatable bonds is 5. The molecule has 19 heavy (non-hydrogen) atoms. The molecule has 1 heterocycles. The molecule has 0 aliphatic carbocycles. The minimum absolute atomic E-state index is 0.0224. The van der Waals surface area contributed by atoms with Gasteiger partial charge >= 0.3 is 0 Å². The average molecular weight is 262 g/mol. The van der Waals surface area contributed by atoms with Gasteiger partial charge in [0.15, 0.2) is 5.78 Å². The van der Waals surface area contributed by atoms with Gasteiger partial charge in [-0.15, -0.1) is 0 Å². The van der Waals surface area contributed by atoms with Crippen LogP contribution in [-0.2, 0) is 4.74 Å². The summed E-state index contributed by atoms with van der Waals surface area (Å²) in [5.74, 6) is 0.952. The molecule has 0 N–H and O–H groups in total. The lowest BCUT2D eigenvalue weighted by molar-refractivity contribution is -0.0326. The molecule has 1 unspecified atom stereocenters. The van der Waals surface area contributed by atoms with E-state index in [2.05, 4.69) is 13.8 Å². The fourth-order valence-electron chi connectivity index (χ4n) is 2.33. The first-order valence-corrected chi connectivity index (χ1v) is 6.94. The van der Waals surface area contributed by atoms with E-state index in [1.165, 1.54) is 0 Å². The summed E-state index contributed by atoms with van der Waals surface area (Å²) in [4.78, 5) is 11.5. The van der Waals surface area contributed by atoms with Gasteiger partial charge in [-0.3, -0.25) is 4.79 Å². The zero-order valence-electron chi connectivity index (χ0n) is 11.9. The highest BCUT2D eigenvalue weighted by Crippen LogP contribution is 2.29. The zero-order chi connectivity index (χ0) is 13.9. The number of ketones is 1. The van der Waals surface area contributed by atoms with Gasteiger partial charge in [-0.25, -0.2) is 0 Å². The summed E-state index contributed by atoms with van der Waals surface area (Å²) >= 11 is 0. The largest absolute Gasteiger partial charge is 0.491 e. The Labute approximate surface area is 114 Å². The maximum atomic E-state index is 11.5. The van der Waals surface area contributed by atoms with Crippen molar-refractivity contribution in [3.8, 4) is 5.75 Å². The van der Waals surface area contributed by atoms with Crippen molar-refractivity contribution in [2.24, 2.45) is 0 Å². The van der Waals surface area contributed by atoms with E-state index in [0.717, 1.165) is 24.2 Å². The molecule has 0 saturated carbocycles. The molecule has 0 aromatic heterocycles. The summed E-state index contributed by atoms with van der Waals surface area (Å²) in [6.45, 7) is 6.66. The normalized spacial score (nSPS) is 21.3. The van der Waals surface area contributed by atoms with Crippen molar-refractivity contribution in [2.75, 3.05) is 6.61 Å². The van der Waals surface area contributed by atoms with E-state index in [-0.39, 0.29) is 17.5 Å². The number of carbonyl (C=O) groups excluding carboxylic acids is 1. The fraction of sp³-hybridized carbons (Fsp3) is 0.562. The molecule has 0 amide bonds. The predicted octanol–water partition coefficient (Wildman–Crippen LogP) is 3.62. The van der Waals surface area contributed by atoms with Gasteiger partial charge in [0.25, 0.3) is 0 Å². The standard InChI is InChI=1S/C16H22O3/c1-4-15(17)12-5-7-13(8-6-12)18-11-14-9-10-16(2,3)19-14/h5-8,14H,4,9-11H2,1-3H3. The maximum absolute atomic E-state index is 11.5. The molecule has 2 rings (SSSR count). The van der Waals surface area contributed by atoms with Gasteiger partial charge < -0.3 is 9.47 Å². The van der Waals surface area contributed by atoms with Crippen LogP contribution in [0.4, 0.5) is 0 Å². The molecule has 3 nitrogen and oxygen atoms in total. The highest BCUT2D eigenvalue weighted by molar-refractivity contribution is 5.95. The molecule has 3 heteroatoms. The van der Waals surface area contributed by atoms with Crippen LogP contribution in [0.3, 0.4) is 0 Å². The number of Topliss-reactive ketones (excluding diaryl/α,β-unsaturated/α-hetero) is 1. The Bertz CT molecular complexity index is 434. The van der Waals surface area contributed by atoms with E-state index in [1.807, 2.05) is 31.2 Å². The molecule has 1 atom stereocenters. The van der Waals surface area contributed by atoms with Gasteiger partial charge in [0, 0.05) is 12.0 Å². The lowest BCUT2D eigenvalue weighted by Gasteiger charge is -2.19. The molecule has 1 aromatic carbocycles. The van der Waals surface area contributed by atoms with E-state index >= 15 is 0 Å². The molecule has 1 saturated heterocycles. The Morgan fingerprint density at radius 1 is 1.37 bits per heavy atom. The minimum Gasteiger partial charge on any atom is -0.491 e. The summed E-state index contributed by atoms with van der Waals surface area (Å²) in [6.07, 6.45) is 2.82. The van der Waals surface area contributed by atoms with Gasteiger partial charge in [0.05, 0.1) is 11.7 Å². The van der Waals surface area contributed by atoms with E-state index < -0.39 is 0 Å². The third-order valence-corrected chi connectivity index (χ3v) is 3.49. The van der Waals surface area contributed by atoms with Gasteiger partial charge in [-0.05, 0) is 51.0 Å². The SMILES string of the molecule is CCC(=O)c1ccc(OCC2CCC(C)(C)O2)cc1. The second-order valence-corrected chi connectivity index (χ2v) is 5.65. The summed E-state index contributed by atoms with van der Waals surface area (Å²) in [6, 6.07) is 7.34. The van der Waals surface area contributed by atoms with Crippen LogP contribution in [0.1, 0.15) is 50.4 Å². The predicted molar refractivity (Wildman–Crippen MR) is 74.7 cm³/mol. The first kappa shape index (κ1) is 14.1. The van der Waals surface area contributed by atoms with Crippen molar-refractivity contribution in [1.82, 2.24) is 0 Å². The zero-order valence-corrected chi connectivity index (χ0v) is 11.9. The first-order valence-electron chi connectivity index (χ1n) is 6.94. The molecule has 0 spiro atoms. The van der Waals surface area contributed by atoms with Crippen LogP contribution < -0.4 is 4.74 Å². The molecule has 1 fully saturated rings. The van der Waals surface area contributed by atoms with Crippen LogP contribution >= 0.6 is 0 Å². The Hall–Kier alpha value is -1.35. The van der Waals surface area contributed by atoms with Gasteiger partial charge in [0.2, 0.25) is 0 Å². The molecule has 1 aromatic rings. The van der Waals surface area contributed by atoms with E-state index in [0.29, 0.717) is 13.0 Å². The quantitative estimate of drug-likeness (QED) is 0.760. The minimum atomic E-state index is -0.0224. The topological polar surface area (TPSA) is 35.5 Å². The molecule has 0 bridgehead atoms. The van der Waals surface area contributed by atoms with E-state index in [4.69, 9.17) is 9.47 Å². The summed E-state index contributed by atoms with van der Waals surface area (Å²) in [5.41, 5.74) is 0.721. The van der Waals surface area contributed by atoms with Crippen molar-refractivity contribution < 1.29 is 14.3 Å². The number of hydrogen-bond donors (Lipinski definition) is 0. The maximum Gasteiger partial charge on any atom is 0.162 e. The summed E-state index contributed by atoms with van der Waals surface area (Å²) in [7, 11) is 0. The summed E-state index contributed by atoms with van der Waals surface area (Å²) in [5, 5.41) is 0. The van der Waals surface area contributed by atoms with Gasteiger partial charge in [-0.2, -0.15) is 0 Å². The molecule has 1 aliphatic heterocycles. The molecule has 0 radical (unpaired) electrons. The second-order valence-electron chi connectivity index (χ2n) is 5.65. The highest BCUT2D eigenvalue weighted by atomic mass is 16.6. The molecular weight excluding hydrogens is 240 g/mol. The third kappa shape index (κ3) is 3.80. The average Bonchev–Trinajstić information content (AvgIpc) is 2.76. The molecule has 1 aliphatic rings. The fourth-order valence-corrected chi connectivity index (χ4v) is 2.33. The van der Waals surface area contributed by atoms with Crippen LogP contribution in [-0.4, -0.2) is 24.1 Å².